The molecule has 2 aromatic heterocycles. The van der Waals surface area contributed by atoms with E-state index in [4.69, 9.17) is 9.73 Å². The maximum atomic E-state index is 5.96. The van der Waals surface area contributed by atoms with Crippen molar-refractivity contribution in [2.75, 3.05) is 32.8 Å². The van der Waals surface area contributed by atoms with Crippen LogP contribution >= 0.6 is 11.3 Å². The van der Waals surface area contributed by atoms with E-state index in [1.165, 1.54) is 4.88 Å². The van der Waals surface area contributed by atoms with Gasteiger partial charge in [0.15, 0.2) is 5.96 Å². The number of aromatic nitrogens is 2. The summed E-state index contributed by atoms with van der Waals surface area (Å²) in [4.78, 5) is 8.65. The predicted octanol–water partition coefficient (Wildman–Crippen LogP) is 2.70. The summed E-state index contributed by atoms with van der Waals surface area (Å²) in [5, 5.41) is 9.85. The van der Waals surface area contributed by atoms with Crippen molar-refractivity contribution in [3.63, 3.8) is 0 Å². The first-order valence-corrected chi connectivity index (χ1v) is 10.2. The molecule has 26 heavy (non-hydrogen) atoms. The van der Waals surface area contributed by atoms with E-state index in [1.807, 2.05) is 35.5 Å². The van der Waals surface area contributed by atoms with Crippen LogP contribution in [0.5, 0.6) is 0 Å². The van der Waals surface area contributed by atoms with Gasteiger partial charge in [0.25, 0.3) is 0 Å². The zero-order chi connectivity index (χ0) is 18.4. The second-order valence-electron chi connectivity index (χ2n) is 6.84. The maximum absolute atomic E-state index is 5.96. The fourth-order valence-electron chi connectivity index (χ4n) is 3.15. The van der Waals surface area contributed by atoms with Gasteiger partial charge in [0.2, 0.25) is 0 Å². The Labute approximate surface area is 159 Å². The summed E-state index contributed by atoms with van der Waals surface area (Å²) in [5.41, 5.74) is 1.12. The molecular formula is C19H29N5OS. The predicted molar refractivity (Wildman–Crippen MR) is 107 cm³/mol. The van der Waals surface area contributed by atoms with E-state index in [0.717, 1.165) is 44.1 Å². The minimum absolute atomic E-state index is 0.0462. The lowest BCUT2D eigenvalue weighted by Crippen LogP contribution is -2.48. The van der Waals surface area contributed by atoms with Crippen molar-refractivity contribution in [3.05, 3.63) is 40.3 Å². The van der Waals surface area contributed by atoms with E-state index in [2.05, 4.69) is 46.7 Å². The van der Waals surface area contributed by atoms with Crippen LogP contribution in [0.2, 0.25) is 0 Å². The van der Waals surface area contributed by atoms with E-state index in [0.29, 0.717) is 12.5 Å². The normalized spacial score (nSPS) is 19.6. The van der Waals surface area contributed by atoms with Crippen LogP contribution in [0.15, 0.2) is 34.9 Å². The van der Waals surface area contributed by atoms with Gasteiger partial charge in [0, 0.05) is 43.3 Å². The van der Waals surface area contributed by atoms with E-state index >= 15 is 0 Å². The topological polar surface area (TPSA) is 54.7 Å². The molecule has 0 aliphatic carbocycles. The van der Waals surface area contributed by atoms with Crippen molar-refractivity contribution in [2.24, 2.45) is 18.0 Å². The van der Waals surface area contributed by atoms with Crippen LogP contribution in [0.3, 0.4) is 0 Å². The molecule has 0 bridgehead atoms. The summed E-state index contributed by atoms with van der Waals surface area (Å²) in [6.45, 7) is 8.45. The molecule has 0 aromatic carbocycles. The van der Waals surface area contributed by atoms with Crippen molar-refractivity contribution in [3.8, 4) is 0 Å². The van der Waals surface area contributed by atoms with Crippen LogP contribution in [0.4, 0.5) is 0 Å². The number of aliphatic imine (C=N–C) groups is 1. The van der Waals surface area contributed by atoms with Gasteiger partial charge in [-0.2, -0.15) is 5.10 Å². The highest BCUT2D eigenvalue weighted by Crippen LogP contribution is 2.22. The van der Waals surface area contributed by atoms with Gasteiger partial charge in [-0.15, -0.1) is 11.3 Å². The minimum atomic E-state index is 0.0462. The number of thiophene rings is 1. The van der Waals surface area contributed by atoms with Gasteiger partial charge in [-0.05, 0) is 30.7 Å². The number of hydrogen-bond acceptors (Lipinski definition) is 4. The molecule has 6 nitrogen and oxygen atoms in total. The molecule has 2 atom stereocenters. The lowest BCUT2D eigenvalue weighted by Gasteiger charge is -2.35. The van der Waals surface area contributed by atoms with Crippen molar-refractivity contribution in [1.82, 2.24) is 20.0 Å². The minimum Gasteiger partial charge on any atom is -0.370 e. The van der Waals surface area contributed by atoms with Gasteiger partial charge >= 0.3 is 0 Å². The average molecular weight is 376 g/mol. The van der Waals surface area contributed by atoms with Gasteiger partial charge in [0.05, 0.1) is 19.3 Å². The maximum Gasteiger partial charge on any atom is 0.194 e. The molecule has 1 saturated heterocycles. The van der Waals surface area contributed by atoms with Gasteiger partial charge in [-0.3, -0.25) is 9.67 Å². The molecule has 1 aliphatic rings. The van der Waals surface area contributed by atoms with Gasteiger partial charge < -0.3 is 15.0 Å². The van der Waals surface area contributed by atoms with E-state index < -0.39 is 0 Å². The Balaban J connectivity index is 1.62. The largest absolute Gasteiger partial charge is 0.370 e. The molecule has 0 amide bonds. The summed E-state index contributed by atoms with van der Waals surface area (Å²) in [7, 11) is 1.94. The number of nitrogens with one attached hydrogen (secondary N) is 1. The van der Waals surface area contributed by atoms with Crippen LogP contribution in [-0.4, -0.2) is 53.4 Å². The molecule has 0 spiro atoms. The molecule has 0 saturated carbocycles. The summed E-state index contributed by atoms with van der Waals surface area (Å²) in [5.74, 6) is 1.51. The van der Waals surface area contributed by atoms with Crippen molar-refractivity contribution in [2.45, 2.75) is 26.4 Å². The number of rotatable bonds is 6. The van der Waals surface area contributed by atoms with E-state index in [-0.39, 0.29) is 6.10 Å². The van der Waals surface area contributed by atoms with Crippen molar-refractivity contribution >= 4 is 17.3 Å². The zero-order valence-electron chi connectivity index (χ0n) is 15.9. The Bertz CT molecular complexity index is 697. The fourth-order valence-corrected chi connectivity index (χ4v) is 4.02. The van der Waals surface area contributed by atoms with Crippen LogP contribution in [0.1, 0.15) is 30.4 Å². The second kappa shape index (κ2) is 9.19. The smallest absolute Gasteiger partial charge is 0.194 e. The lowest BCUT2D eigenvalue weighted by atomic mass is 10.1. The van der Waals surface area contributed by atoms with Gasteiger partial charge in [0.1, 0.15) is 6.10 Å². The van der Waals surface area contributed by atoms with Crippen LogP contribution in [0.25, 0.3) is 0 Å². The Hall–Kier alpha value is -1.86. The second-order valence-corrected chi connectivity index (χ2v) is 7.87. The first-order chi connectivity index (χ1) is 12.7. The van der Waals surface area contributed by atoms with Crippen molar-refractivity contribution < 1.29 is 4.74 Å². The third kappa shape index (κ3) is 5.08. The Morgan fingerprint density at radius 3 is 3.12 bits per heavy atom. The lowest BCUT2D eigenvalue weighted by molar-refractivity contribution is -0.00805. The Morgan fingerprint density at radius 2 is 2.42 bits per heavy atom. The zero-order valence-corrected chi connectivity index (χ0v) is 16.7. The van der Waals surface area contributed by atoms with Crippen LogP contribution < -0.4 is 5.32 Å². The highest BCUT2D eigenvalue weighted by atomic mass is 32.1. The quantitative estimate of drug-likeness (QED) is 0.623. The third-order valence-corrected chi connectivity index (χ3v) is 5.38. The van der Waals surface area contributed by atoms with Gasteiger partial charge in [-0.25, -0.2) is 0 Å². The fraction of sp³-hybridized carbons (Fsp3) is 0.579. The molecule has 3 heterocycles. The molecule has 1 N–H and O–H groups in total. The molecule has 2 unspecified atom stereocenters. The number of aryl methyl sites for hydroxylation is 1. The number of nitrogens with zero attached hydrogens (tertiary/aromatic N) is 4. The summed E-state index contributed by atoms with van der Waals surface area (Å²) in [6, 6.07) is 4.32. The summed E-state index contributed by atoms with van der Waals surface area (Å²) >= 11 is 1.82. The van der Waals surface area contributed by atoms with E-state index in [9.17, 15) is 0 Å². The number of guanidine groups is 1. The summed E-state index contributed by atoms with van der Waals surface area (Å²) in [6.07, 6.45) is 5.05. The molecule has 1 aliphatic heterocycles. The van der Waals surface area contributed by atoms with Crippen molar-refractivity contribution in [1.29, 1.82) is 0 Å². The number of ether oxygens (including phenoxy) is 1. The first-order valence-electron chi connectivity index (χ1n) is 9.31. The van der Waals surface area contributed by atoms with Crippen LogP contribution in [0, 0.1) is 5.92 Å². The molecule has 0 radical (unpaired) electrons. The molecule has 2 aromatic rings. The molecule has 142 valence electrons. The first kappa shape index (κ1) is 18.9. The molecule has 1 fully saturated rings. The number of hydrogen-bond donors (Lipinski definition) is 1. The van der Waals surface area contributed by atoms with E-state index in [1.54, 1.807) is 0 Å². The number of morpholine rings is 1. The highest BCUT2D eigenvalue weighted by Gasteiger charge is 2.25. The average Bonchev–Trinajstić information content (AvgIpc) is 3.30. The molecular weight excluding hydrogens is 346 g/mol. The van der Waals surface area contributed by atoms with Crippen LogP contribution in [-0.2, 0) is 18.2 Å². The SMILES string of the molecule is CCNC(=NCC(C)Cc1cccs1)N1CCOC(c2cnn(C)c2)C1. The highest BCUT2D eigenvalue weighted by molar-refractivity contribution is 7.09. The Kier molecular flexibility index (Phi) is 6.68. The Morgan fingerprint density at radius 1 is 1.54 bits per heavy atom. The monoisotopic (exact) mass is 375 g/mol. The molecule has 3 rings (SSSR count). The van der Waals surface area contributed by atoms with Gasteiger partial charge in [-0.1, -0.05) is 13.0 Å². The summed E-state index contributed by atoms with van der Waals surface area (Å²) < 4.78 is 7.78. The molecule has 7 heteroatoms. The standard InChI is InChI=1S/C19H29N5OS/c1-4-20-19(21-11-15(2)10-17-6-5-9-26-17)24-7-8-25-18(14-24)16-12-22-23(3)13-16/h5-6,9,12-13,15,18H,4,7-8,10-11,14H2,1-3H3,(H,20,21). The third-order valence-electron chi connectivity index (χ3n) is 4.48.